The lowest BCUT2D eigenvalue weighted by Crippen LogP contribution is -2.39. The van der Waals surface area contributed by atoms with Gasteiger partial charge in [-0.15, -0.1) is 0 Å². The van der Waals surface area contributed by atoms with Gasteiger partial charge in [-0.3, -0.25) is 0 Å². The van der Waals surface area contributed by atoms with Crippen LogP contribution in [0.5, 0.6) is 0 Å². The lowest BCUT2D eigenvalue weighted by molar-refractivity contribution is -0.138. The molecule has 0 spiro atoms. The molecule has 2 atom stereocenters. The van der Waals surface area contributed by atoms with Gasteiger partial charge in [0, 0.05) is 6.61 Å². The maximum absolute atomic E-state index is 12.6. The highest BCUT2D eigenvalue weighted by Crippen LogP contribution is 2.35. The summed E-state index contributed by atoms with van der Waals surface area (Å²) < 4.78 is 41.9. The summed E-state index contributed by atoms with van der Waals surface area (Å²) in [5, 5.41) is 0. The third-order valence-corrected chi connectivity index (χ3v) is 1.94. The molecular formula is C6H8ClF3O. The SMILES string of the molecule is FC(Cl)C(F)(F)C1CCCO1. The van der Waals surface area contributed by atoms with Crippen molar-refractivity contribution in [2.45, 2.75) is 30.5 Å². The van der Waals surface area contributed by atoms with Crippen LogP contribution in [0.3, 0.4) is 0 Å². The van der Waals surface area contributed by atoms with E-state index in [2.05, 4.69) is 16.3 Å². The maximum atomic E-state index is 12.6. The molecule has 0 N–H and O–H groups in total. The molecule has 0 amide bonds. The predicted octanol–water partition coefficient (Wildman–Crippen LogP) is 2.34. The Balaban J connectivity index is 2.55. The summed E-state index contributed by atoms with van der Waals surface area (Å²) in [4.78, 5) is 0. The van der Waals surface area contributed by atoms with Gasteiger partial charge in [0.25, 0.3) is 0 Å². The van der Waals surface area contributed by atoms with Crippen molar-refractivity contribution in [3.05, 3.63) is 0 Å². The largest absolute Gasteiger partial charge is 0.372 e. The first-order chi connectivity index (χ1) is 5.05. The first-order valence-corrected chi connectivity index (χ1v) is 3.76. The van der Waals surface area contributed by atoms with Gasteiger partial charge in [0.15, 0.2) is 0 Å². The monoisotopic (exact) mass is 188 g/mol. The van der Waals surface area contributed by atoms with Gasteiger partial charge in [-0.25, -0.2) is 4.39 Å². The molecule has 1 aliphatic rings. The van der Waals surface area contributed by atoms with Crippen LogP contribution in [0.25, 0.3) is 0 Å². The predicted molar refractivity (Wildman–Crippen MR) is 34.7 cm³/mol. The molecule has 5 heteroatoms. The average molecular weight is 189 g/mol. The zero-order valence-corrected chi connectivity index (χ0v) is 6.45. The van der Waals surface area contributed by atoms with E-state index in [-0.39, 0.29) is 13.0 Å². The summed E-state index contributed by atoms with van der Waals surface area (Å²) in [6, 6.07) is 0. The van der Waals surface area contributed by atoms with Crippen LogP contribution in [0.4, 0.5) is 13.2 Å². The number of halogens is 4. The molecule has 0 bridgehead atoms. The Morgan fingerprint density at radius 3 is 2.55 bits per heavy atom. The normalized spacial score (nSPS) is 28.9. The lowest BCUT2D eigenvalue weighted by atomic mass is 10.1. The topological polar surface area (TPSA) is 9.23 Å². The standard InChI is InChI=1S/C6H8ClF3O/c7-5(8)6(9,10)4-2-1-3-11-4/h4-5H,1-3H2. The second-order valence-corrected chi connectivity index (χ2v) is 2.86. The highest BCUT2D eigenvalue weighted by Gasteiger charge is 2.49. The molecule has 2 unspecified atom stereocenters. The fraction of sp³-hybridized carbons (Fsp3) is 1.00. The smallest absolute Gasteiger partial charge is 0.317 e. The van der Waals surface area contributed by atoms with Gasteiger partial charge in [-0.1, -0.05) is 11.6 Å². The van der Waals surface area contributed by atoms with Crippen molar-refractivity contribution in [2.75, 3.05) is 6.61 Å². The third-order valence-electron chi connectivity index (χ3n) is 1.65. The van der Waals surface area contributed by atoms with E-state index in [4.69, 9.17) is 0 Å². The fourth-order valence-corrected chi connectivity index (χ4v) is 1.16. The zero-order chi connectivity index (χ0) is 8.48. The number of rotatable bonds is 2. The second kappa shape index (κ2) is 3.19. The number of hydrogen-bond donors (Lipinski definition) is 0. The van der Waals surface area contributed by atoms with Crippen LogP contribution < -0.4 is 0 Å². The molecule has 1 rings (SSSR count). The van der Waals surface area contributed by atoms with Crippen molar-refractivity contribution in [3.8, 4) is 0 Å². The average Bonchev–Trinajstić information content (AvgIpc) is 2.37. The molecule has 1 saturated heterocycles. The minimum Gasteiger partial charge on any atom is -0.372 e. The minimum absolute atomic E-state index is 0.181. The molecule has 0 aromatic heterocycles. The molecule has 66 valence electrons. The van der Waals surface area contributed by atoms with Gasteiger partial charge < -0.3 is 4.74 Å². The Labute approximate surface area is 67.5 Å². The highest BCUT2D eigenvalue weighted by molar-refractivity contribution is 6.20. The van der Waals surface area contributed by atoms with E-state index >= 15 is 0 Å². The summed E-state index contributed by atoms with van der Waals surface area (Å²) in [6.07, 6.45) is -0.612. The van der Waals surface area contributed by atoms with Crippen LogP contribution in [0.2, 0.25) is 0 Å². The molecular weight excluding hydrogens is 181 g/mol. The second-order valence-electron chi connectivity index (χ2n) is 2.48. The summed E-state index contributed by atoms with van der Waals surface area (Å²) in [7, 11) is 0. The van der Waals surface area contributed by atoms with Crippen molar-refractivity contribution in [2.24, 2.45) is 0 Å². The van der Waals surface area contributed by atoms with Crippen LogP contribution in [-0.2, 0) is 4.74 Å². The molecule has 0 aliphatic carbocycles. The van der Waals surface area contributed by atoms with Crippen molar-refractivity contribution < 1.29 is 17.9 Å². The fourth-order valence-electron chi connectivity index (χ4n) is 1.02. The summed E-state index contributed by atoms with van der Waals surface area (Å²) in [5.41, 5.74) is -2.65. The highest BCUT2D eigenvalue weighted by atomic mass is 35.5. The van der Waals surface area contributed by atoms with Crippen molar-refractivity contribution in [1.29, 1.82) is 0 Å². The van der Waals surface area contributed by atoms with E-state index in [1.165, 1.54) is 0 Å². The molecule has 1 heterocycles. The number of alkyl halides is 4. The minimum atomic E-state index is -3.54. The van der Waals surface area contributed by atoms with E-state index in [1.54, 1.807) is 0 Å². The van der Waals surface area contributed by atoms with Gasteiger partial charge in [0.1, 0.15) is 6.10 Å². The van der Waals surface area contributed by atoms with Gasteiger partial charge in [-0.05, 0) is 12.8 Å². The van der Waals surface area contributed by atoms with Crippen LogP contribution in [-0.4, -0.2) is 24.3 Å². The van der Waals surface area contributed by atoms with E-state index in [1.807, 2.05) is 0 Å². The lowest BCUT2D eigenvalue weighted by Gasteiger charge is -2.21. The van der Waals surface area contributed by atoms with Crippen LogP contribution in [0.1, 0.15) is 12.8 Å². The number of ether oxygens (including phenoxy) is 1. The van der Waals surface area contributed by atoms with Gasteiger partial charge >= 0.3 is 5.92 Å². The first-order valence-electron chi connectivity index (χ1n) is 3.32. The molecule has 1 nitrogen and oxygen atoms in total. The molecule has 0 aromatic carbocycles. The van der Waals surface area contributed by atoms with E-state index in [0.717, 1.165) is 0 Å². The Kier molecular flexibility index (Phi) is 2.65. The zero-order valence-electron chi connectivity index (χ0n) is 5.70. The molecule has 0 saturated carbocycles. The van der Waals surface area contributed by atoms with Crippen molar-refractivity contribution in [3.63, 3.8) is 0 Å². The van der Waals surface area contributed by atoms with Crippen molar-refractivity contribution >= 4 is 11.6 Å². The number of hydrogen-bond acceptors (Lipinski definition) is 1. The summed E-state index contributed by atoms with van der Waals surface area (Å²) in [5.74, 6) is -3.54. The van der Waals surface area contributed by atoms with Crippen LogP contribution in [0.15, 0.2) is 0 Å². The quantitative estimate of drug-likeness (QED) is 0.605. The molecule has 11 heavy (non-hydrogen) atoms. The van der Waals surface area contributed by atoms with Crippen LogP contribution >= 0.6 is 11.6 Å². The molecule has 1 fully saturated rings. The van der Waals surface area contributed by atoms with E-state index in [0.29, 0.717) is 6.42 Å². The first kappa shape index (κ1) is 9.13. The van der Waals surface area contributed by atoms with E-state index < -0.39 is 17.7 Å². The van der Waals surface area contributed by atoms with Gasteiger partial charge in [-0.2, -0.15) is 8.78 Å². The van der Waals surface area contributed by atoms with Crippen molar-refractivity contribution in [1.82, 2.24) is 0 Å². The molecule has 1 aliphatic heterocycles. The Hall–Kier alpha value is 0.0400. The Morgan fingerprint density at radius 2 is 2.18 bits per heavy atom. The maximum Gasteiger partial charge on any atom is 0.317 e. The van der Waals surface area contributed by atoms with Gasteiger partial charge in [0.05, 0.1) is 0 Å². The van der Waals surface area contributed by atoms with E-state index in [9.17, 15) is 13.2 Å². The summed E-state index contributed by atoms with van der Waals surface area (Å²) >= 11 is 4.65. The Bertz CT molecular complexity index is 134. The van der Waals surface area contributed by atoms with Crippen LogP contribution in [0, 0.1) is 0 Å². The molecule has 0 aromatic rings. The third kappa shape index (κ3) is 1.79. The summed E-state index contributed by atoms with van der Waals surface area (Å²) in [6.45, 7) is 0.268. The molecule has 0 radical (unpaired) electrons. The van der Waals surface area contributed by atoms with Gasteiger partial charge in [0.2, 0.25) is 5.63 Å². The Morgan fingerprint density at radius 1 is 1.55 bits per heavy atom.